The summed E-state index contributed by atoms with van der Waals surface area (Å²) >= 11 is 1.33. The van der Waals surface area contributed by atoms with Crippen LogP contribution in [0, 0.1) is 0 Å². The van der Waals surface area contributed by atoms with E-state index in [1.807, 2.05) is 0 Å². The van der Waals surface area contributed by atoms with Crippen molar-refractivity contribution < 1.29 is 32.3 Å². The molecule has 1 aliphatic rings. The maximum absolute atomic E-state index is 13.1. The molecule has 1 fully saturated rings. The number of hydrogen-bond acceptors (Lipinski definition) is 6. The fourth-order valence-corrected chi connectivity index (χ4v) is 4.37. The number of nitrogens with zero attached hydrogens (tertiary/aromatic N) is 2. The van der Waals surface area contributed by atoms with Crippen LogP contribution in [-0.2, 0) is 20.5 Å². The van der Waals surface area contributed by atoms with Crippen LogP contribution in [-0.4, -0.2) is 41.5 Å². The molecule has 1 atom stereocenters. The summed E-state index contributed by atoms with van der Waals surface area (Å²) in [4.78, 5) is 43.2. The summed E-state index contributed by atoms with van der Waals surface area (Å²) < 4.78 is 43.1. The maximum atomic E-state index is 13.1. The standard InChI is InChI=1S/C22H24F3N3O4S/c1-14(20(31)28(21-26-11-12-33-21)17-5-3-2-4-6-17)32-18(29)13-27-19(30)15-7-9-16(10-8-15)22(23,24)25/h7-12,14,17H,2-6,13H2,1H3,(H,27,30). The molecule has 178 valence electrons. The summed E-state index contributed by atoms with van der Waals surface area (Å²) in [7, 11) is 0. The minimum Gasteiger partial charge on any atom is -0.451 e. The first-order valence-electron chi connectivity index (χ1n) is 10.5. The number of amides is 2. The molecule has 1 aromatic carbocycles. The van der Waals surface area contributed by atoms with Gasteiger partial charge in [-0.3, -0.25) is 19.3 Å². The van der Waals surface area contributed by atoms with E-state index in [1.54, 1.807) is 16.5 Å². The van der Waals surface area contributed by atoms with Crippen molar-refractivity contribution in [3.63, 3.8) is 0 Å². The SMILES string of the molecule is CC(OC(=O)CNC(=O)c1ccc(C(F)(F)F)cc1)C(=O)N(c1nccs1)C1CCCCC1. The van der Waals surface area contributed by atoms with Gasteiger partial charge in [-0.1, -0.05) is 19.3 Å². The third kappa shape index (κ3) is 6.53. The molecule has 0 aliphatic heterocycles. The van der Waals surface area contributed by atoms with Gasteiger partial charge in [0.25, 0.3) is 11.8 Å². The van der Waals surface area contributed by atoms with E-state index in [0.717, 1.165) is 56.4 Å². The van der Waals surface area contributed by atoms with Gasteiger partial charge in [-0.05, 0) is 44.0 Å². The molecule has 0 radical (unpaired) electrons. The summed E-state index contributed by atoms with van der Waals surface area (Å²) in [6, 6.07) is 3.59. The van der Waals surface area contributed by atoms with E-state index in [-0.39, 0.29) is 17.5 Å². The van der Waals surface area contributed by atoms with E-state index in [4.69, 9.17) is 4.74 Å². The number of anilines is 1. The first-order chi connectivity index (χ1) is 15.7. The van der Waals surface area contributed by atoms with Crippen molar-refractivity contribution in [2.45, 2.75) is 57.3 Å². The van der Waals surface area contributed by atoms with Crippen molar-refractivity contribution in [2.75, 3.05) is 11.4 Å². The van der Waals surface area contributed by atoms with Crippen molar-refractivity contribution in [2.24, 2.45) is 0 Å². The highest BCUT2D eigenvalue weighted by Crippen LogP contribution is 2.30. The van der Waals surface area contributed by atoms with Crippen LogP contribution in [0.5, 0.6) is 0 Å². The number of hydrogen-bond donors (Lipinski definition) is 1. The molecule has 2 amide bonds. The van der Waals surface area contributed by atoms with Gasteiger partial charge in [-0.25, -0.2) is 4.98 Å². The predicted molar refractivity (Wildman–Crippen MR) is 116 cm³/mol. The highest BCUT2D eigenvalue weighted by molar-refractivity contribution is 7.13. The summed E-state index contributed by atoms with van der Waals surface area (Å²) in [5, 5.41) is 4.61. The molecule has 7 nitrogen and oxygen atoms in total. The number of alkyl halides is 3. The highest BCUT2D eigenvalue weighted by atomic mass is 32.1. The molecule has 1 saturated carbocycles. The summed E-state index contributed by atoms with van der Waals surface area (Å²) in [6.07, 6.45) is 0.811. The fraction of sp³-hybridized carbons (Fsp3) is 0.455. The van der Waals surface area contributed by atoms with Gasteiger partial charge in [0.1, 0.15) is 6.54 Å². The topological polar surface area (TPSA) is 88.6 Å². The quantitative estimate of drug-likeness (QED) is 0.597. The number of benzene rings is 1. The summed E-state index contributed by atoms with van der Waals surface area (Å²) in [6.45, 7) is 0.930. The van der Waals surface area contributed by atoms with Crippen LogP contribution in [0.25, 0.3) is 0 Å². The van der Waals surface area contributed by atoms with Crippen LogP contribution in [0.3, 0.4) is 0 Å². The first-order valence-corrected chi connectivity index (χ1v) is 11.4. The zero-order chi connectivity index (χ0) is 24.0. The second kappa shape index (κ2) is 10.8. The lowest BCUT2D eigenvalue weighted by Gasteiger charge is -2.33. The molecule has 1 heterocycles. The molecule has 0 saturated heterocycles. The van der Waals surface area contributed by atoms with Gasteiger partial charge in [0, 0.05) is 23.2 Å². The zero-order valence-electron chi connectivity index (χ0n) is 17.9. The molecule has 1 N–H and O–H groups in total. The summed E-state index contributed by atoms with van der Waals surface area (Å²) in [5.41, 5.74) is -0.916. The number of thiazole rings is 1. The van der Waals surface area contributed by atoms with Gasteiger partial charge in [-0.2, -0.15) is 13.2 Å². The number of halogens is 3. The molecular weight excluding hydrogens is 459 g/mol. The lowest BCUT2D eigenvalue weighted by molar-refractivity contribution is -0.153. The van der Waals surface area contributed by atoms with E-state index >= 15 is 0 Å². The van der Waals surface area contributed by atoms with Gasteiger partial charge in [0.05, 0.1) is 5.56 Å². The van der Waals surface area contributed by atoms with Gasteiger partial charge >= 0.3 is 12.1 Å². The largest absolute Gasteiger partial charge is 0.451 e. The Bertz CT molecular complexity index is 958. The van der Waals surface area contributed by atoms with E-state index < -0.39 is 36.3 Å². The maximum Gasteiger partial charge on any atom is 0.416 e. The van der Waals surface area contributed by atoms with E-state index in [2.05, 4.69) is 10.3 Å². The number of nitrogens with one attached hydrogen (secondary N) is 1. The van der Waals surface area contributed by atoms with Crippen LogP contribution < -0.4 is 10.2 Å². The lowest BCUT2D eigenvalue weighted by atomic mass is 9.94. The number of carbonyl (C=O) groups excluding carboxylic acids is 3. The molecule has 11 heteroatoms. The highest BCUT2D eigenvalue weighted by Gasteiger charge is 2.33. The Kier molecular flexibility index (Phi) is 8.06. The van der Waals surface area contributed by atoms with Crippen molar-refractivity contribution in [3.05, 3.63) is 47.0 Å². The molecular formula is C22H24F3N3O4S. The van der Waals surface area contributed by atoms with Gasteiger partial charge in [0.2, 0.25) is 0 Å². The molecule has 3 rings (SSSR count). The van der Waals surface area contributed by atoms with Crippen LogP contribution in [0.2, 0.25) is 0 Å². The molecule has 1 aliphatic carbocycles. The Hall–Kier alpha value is -2.95. The van der Waals surface area contributed by atoms with E-state index in [9.17, 15) is 27.6 Å². The van der Waals surface area contributed by atoms with Gasteiger partial charge < -0.3 is 10.1 Å². The Morgan fingerprint density at radius 2 is 1.85 bits per heavy atom. The molecule has 0 spiro atoms. The normalized spacial score (nSPS) is 15.5. The Morgan fingerprint density at radius 3 is 2.42 bits per heavy atom. The Balaban J connectivity index is 1.55. The fourth-order valence-electron chi connectivity index (χ4n) is 3.65. The molecule has 33 heavy (non-hydrogen) atoms. The Labute approximate surface area is 192 Å². The third-order valence-corrected chi connectivity index (χ3v) is 6.10. The average molecular weight is 484 g/mol. The van der Waals surface area contributed by atoms with E-state index in [0.29, 0.717) is 5.13 Å². The summed E-state index contributed by atoms with van der Waals surface area (Å²) in [5.74, 6) is -1.95. The second-order valence-electron chi connectivity index (χ2n) is 7.70. The van der Waals surface area contributed by atoms with Crippen molar-refractivity contribution in [3.8, 4) is 0 Å². The minimum absolute atomic E-state index is 0.0158. The van der Waals surface area contributed by atoms with E-state index in [1.165, 1.54) is 18.3 Å². The van der Waals surface area contributed by atoms with Crippen LogP contribution in [0.1, 0.15) is 54.9 Å². The van der Waals surface area contributed by atoms with Crippen LogP contribution in [0.15, 0.2) is 35.8 Å². The number of esters is 1. The lowest BCUT2D eigenvalue weighted by Crippen LogP contribution is -2.47. The first kappa shape index (κ1) is 24.7. The number of aromatic nitrogens is 1. The monoisotopic (exact) mass is 483 g/mol. The van der Waals surface area contributed by atoms with Gasteiger partial charge in [-0.15, -0.1) is 11.3 Å². The number of carbonyl (C=O) groups is 3. The third-order valence-electron chi connectivity index (χ3n) is 5.33. The Morgan fingerprint density at radius 1 is 1.18 bits per heavy atom. The van der Waals surface area contributed by atoms with Crippen LogP contribution >= 0.6 is 11.3 Å². The van der Waals surface area contributed by atoms with Crippen molar-refractivity contribution in [1.29, 1.82) is 0 Å². The van der Waals surface area contributed by atoms with Crippen molar-refractivity contribution in [1.82, 2.24) is 10.3 Å². The van der Waals surface area contributed by atoms with Gasteiger partial charge in [0.15, 0.2) is 11.2 Å². The smallest absolute Gasteiger partial charge is 0.416 e. The molecule has 1 unspecified atom stereocenters. The molecule has 1 aromatic heterocycles. The zero-order valence-corrected chi connectivity index (χ0v) is 18.7. The van der Waals surface area contributed by atoms with Crippen LogP contribution in [0.4, 0.5) is 18.3 Å². The minimum atomic E-state index is -4.51. The molecule has 0 bridgehead atoms. The second-order valence-corrected chi connectivity index (χ2v) is 8.58. The number of rotatable bonds is 7. The molecule has 2 aromatic rings. The average Bonchev–Trinajstić information content (AvgIpc) is 3.32. The van der Waals surface area contributed by atoms with Crippen molar-refractivity contribution >= 4 is 34.3 Å². The predicted octanol–water partition coefficient (Wildman–Crippen LogP) is 4.19. The number of ether oxygens (including phenoxy) is 1.